The van der Waals surface area contributed by atoms with Gasteiger partial charge in [-0.25, -0.2) is 4.79 Å². The van der Waals surface area contributed by atoms with Crippen molar-refractivity contribution in [3.63, 3.8) is 0 Å². The summed E-state index contributed by atoms with van der Waals surface area (Å²) < 4.78 is 10.9. The molecule has 0 radical (unpaired) electrons. The normalized spacial score (nSPS) is 21.9. The molecule has 1 aromatic heterocycles. The minimum atomic E-state index is -0.173. The molecule has 7 nitrogen and oxygen atoms in total. The maximum Gasteiger partial charge on any atom is 0.321 e. The zero-order valence-electron chi connectivity index (χ0n) is 15.0. The van der Waals surface area contributed by atoms with Gasteiger partial charge in [0.25, 0.3) is 0 Å². The first kappa shape index (κ1) is 17.5. The number of urea groups is 1. The lowest BCUT2D eigenvalue weighted by Gasteiger charge is -2.27. The highest BCUT2D eigenvalue weighted by Gasteiger charge is 2.34. The van der Waals surface area contributed by atoms with Gasteiger partial charge in [-0.05, 0) is 49.2 Å². The molecule has 3 heterocycles. The van der Waals surface area contributed by atoms with Crippen LogP contribution in [-0.4, -0.2) is 36.0 Å². The Morgan fingerprint density at radius 3 is 2.85 bits per heavy atom. The Morgan fingerprint density at radius 1 is 1.22 bits per heavy atom. The van der Waals surface area contributed by atoms with Crippen molar-refractivity contribution in [2.24, 2.45) is 5.92 Å². The van der Waals surface area contributed by atoms with Gasteiger partial charge in [-0.15, -0.1) is 0 Å². The van der Waals surface area contributed by atoms with Crippen LogP contribution in [0, 0.1) is 5.92 Å². The molecule has 2 aliphatic rings. The molecule has 2 bridgehead atoms. The number of hydrogen-bond donors (Lipinski definition) is 2. The number of nitrogens with zero attached hydrogens (tertiary/aromatic N) is 1. The van der Waals surface area contributed by atoms with E-state index in [1.165, 1.54) is 0 Å². The first-order valence-corrected chi connectivity index (χ1v) is 9.29. The molecule has 1 aromatic carbocycles. The predicted octanol–water partition coefficient (Wildman–Crippen LogP) is 2.99. The lowest BCUT2D eigenvalue weighted by molar-refractivity contribution is -0.124. The van der Waals surface area contributed by atoms with Crippen LogP contribution in [0.4, 0.5) is 10.5 Å². The highest BCUT2D eigenvalue weighted by Crippen LogP contribution is 2.23. The third-order valence-electron chi connectivity index (χ3n) is 5.06. The number of benzene rings is 1. The molecule has 2 atom stereocenters. The van der Waals surface area contributed by atoms with Crippen LogP contribution in [0.3, 0.4) is 0 Å². The number of hydrogen-bond acceptors (Lipinski definition) is 4. The molecule has 142 valence electrons. The van der Waals surface area contributed by atoms with E-state index < -0.39 is 0 Å². The first-order valence-electron chi connectivity index (χ1n) is 9.29. The number of furan rings is 1. The van der Waals surface area contributed by atoms with E-state index >= 15 is 0 Å². The van der Waals surface area contributed by atoms with E-state index in [0.29, 0.717) is 31.1 Å². The summed E-state index contributed by atoms with van der Waals surface area (Å²) in [6.45, 7) is 1.38. The Morgan fingerprint density at radius 2 is 2.07 bits per heavy atom. The van der Waals surface area contributed by atoms with Crippen LogP contribution in [-0.2, 0) is 11.4 Å². The Bertz CT molecular complexity index is 788. The Labute approximate surface area is 157 Å². The summed E-state index contributed by atoms with van der Waals surface area (Å²) in [5.41, 5.74) is 0.694. The summed E-state index contributed by atoms with van der Waals surface area (Å²) in [5.74, 6) is 1.41. The van der Waals surface area contributed by atoms with Crippen LogP contribution in [0.2, 0.25) is 0 Å². The Balaban J connectivity index is 1.34. The van der Waals surface area contributed by atoms with E-state index in [2.05, 4.69) is 10.6 Å². The maximum absolute atomic E-state index is 12.7. The molecule has 2 saturated heterocycles. The van der Waals surface area contributed by atoms with Gasteiger partial charge in [0.05, 0.1) is 12.2 Å². The van der Waals surface area contributed by atoms with Gasteiger partial charge in [0.2, 0.25) is 5.91 Å². The second kappa shape index (κ2) is 7.73. The standard InChI is InChI=1S/C20H23N3O4/c24-19-14-3-1-4-16(21-19)12-23(11-14)20(25)22-15-6-8-17(9-7-15)27-13-18-5-2-10-26-18/h2,5-10,14,16H,1,3-4,11-13H2,(H,21,24)(H,22,25)/t14-,16+/m0/s1. The van der Waals surface area contributed by atoms with Crippen molar-refractivity contribution in [2.45, 2.75) is 31.9 Å². The van der Waals surface area contributed by atoms with Gasteiger partial charge in [-0.1, -0.05) is 6.42 Å². The molecule has 0 spiro atoms. The molecule has 0 aliphatic carbocycles. The van der Waals surface area contributed by atoms with Crippen molar-refractivity contribution in [2.75, 3.05) is 18.4 Å². The van der Waals surface area contributed by atoms with Gasteiger partial charge in [0.1, 0.15) is 18.1 Å². The lowest BCUT2D eigenvalue weighted by atomic mass is 9.99. The minimum Gasteiger partial charge on any atom is -0.486 e. The number of fused-ring (bicyclic) bond motifs is 3. The zero-order chi connectivity index (χ0) is 18.6. The van der Waals surface area contributed by atoms with Crippen LogP contribution >= 0.6 is 0 Å². The Kier molecular flexibility index (Phi) is 5.00. The second-order valence-electron chi connectivity index (χ2n) is 7.06. The number of amides is 3. The lowest BCUT2D eigenvalue weighted by Crippen LogP contribution is -2.43. The number of likely N-dealkylation sites (tertiary alicyclic amines) is 1. The van der Waals surface area contributed by atoms with Gasteiger partial charge < -0.3 is 24.7 Å². The quantitative estimate of drug-likeness (QED) is 0.868. The van der Waals surface area contributed by atoms with Crippen molar-refractivity contribution < 1.29 is 18.7 Å². The number of ether oxygens (including phenoxy) is 1. The molecule has 0 saturated carbocycles. The SMILES string of the molecule is O=C1N[C@@H]2CCC[C@H]1CN(C(=O)Nc1ccc(OCc3ccco3)cc1)C2. The average Bonchev–Trinajstić information content (AvgIpc) is 3.04. The van der Waals surface area contributed by atoms with Crippen molar-refractivity contribution in [3.8, 4) is 5.75 Å². The first-order chi connectivity index (χ1) is 13.2. The third kappa shape index (κ3) is 4.24. The average molecular weight is 369 g/mol. The fraction of sp³-hybridized carbons (Fsp3) is 0.400. The van der Waals surface area contributed by atoms with E-state index in [-0.39, 0.29) is 23.9 Å². The molecule has 4 rings (SSSR count). The molecular formula is C20H23N3O4. The van der Waals surface area contributed by atoms with Crippen LogP contribution < -0.4 is 15.4 Å². The monoisotopic (exact) mass is 369 g/mol. The smallest absolute Gasteiger partial charge is 0.321 e. The molecular weight excluding hydrogens is 346 g/mol. The fourth-order valence-electron chi connectivity index (χ4n) is 3.60. The van der Waals surface area contributed by atoms with Gasteiger partial charge in [0, 0.05) is 24.8 Å². The van der Waals surface area contributed by atoms with Crippen molar-refractivity contribution in [3.05, 3.63) is 48.4 Å². The highest BCUT2D eigenvalue weighted by atomic mass is 16.5. The van der Waals surface area contributed by atoms with E-state index in [9.17, 15) is 9.59 Å². The molecule has 2 aromatic rings. The van der Waals surface area contributed by atoms with Gasteiger partial charge in [-0.2, -0.15) is 0 Å². The summed E-state index contributed by atoms with van der Waals surface area (Å²) in [7, 11) is 0. The van der Waals surface area contributed by atoms with Crippen LogP contribution in [0.25, 0.3) is 0 Å². The van der Waals surface area contributed by atoms with Gasteiger partial charge >= 0.3 is 6.03 Å². The molecule has 3 amide bonds. The topological polar surface area (TPSA) is 83.8 Å². The number of carbonyl (C=O) groups is 2. The highest BCUT2D eigenvalue weighted by molar-refractivity contribution is 5.90. The van der Waals surface area contributed by atoms with Crippen LogP contribution in [0.15, 0.2) is 47.1 Å². The van der Waals surface area contributed by atoms with Crippen LogP contribution in [0.1, 0.15) is 25.0 Å². The van der Waals surface area contributed by atoms with Gasteiger partial charge in [-0.3, -0.25) is 4.79 Å². The molecule has 0 unspecified atom stereocenters. The van der Waals surface area contributed by atoms with E-state index in [1.54, 1.807) is 35.4 Å². The summed E-state index contributed by atoms with van der Waals surface area (Å²) in [4.78, 5) is 26.5. The van der Waals surface area contributed by atoms with Gasteiger partial charge in [0.15, 0.2) is 0 Å². The number of nitrogens with one attached hydrogen (secondary N) is 2. The van der Waals surface area contributed by atoms with Crippen molar-refractivity contribution in [1.82, 2.24) is 10.2 Å². The maximum atomic E-state index is 12.7. The largest absolute Gasteiger partial charge is 0.486 e. The summed E-state index contributed by atoms with van der Waals surface area (Å²) >= 11 is 0. The predicted molar refractivity (Wildman–Crippen MR) is 99.3 cm³/mol. The molecule has 2 fully saturated rings. The fourth-order valence-corrected chi connectivity index (χ4v) is 3.60. The van der Waals surface area contributed by atoms with Crippen molar-refractivity contribution >= 4 is 17.6 Å². The van der Waals surface area contributed by atoms with E-state index in [1.807, 2.05) is 12.1 Å². The molecule has 2 N–H and O–H groups in total. The number of anilines is 1. The minimum absolute atomic E-state index is 0.0492. The van der Waals surface area contributed by atoms with Crippen LogP contribution in [0.5, 0.6) is 5.75 Å². The van der Waals surface area contributed by atoms with E-state index in [0.717, 1.165) is 25.0 Å². The number of carbonyl (C=O) groups excluding carboxylic acids is 2. The van der Waals surface area contributed by atoms with Crippen molar-refractivity contribution in [1.29, 1.82) is 0 Å². The second-order valence-corrected chi connectivity index (χ2v) is 7.06. The summed E-state index contributed by atoms with van der Waals surface area (Å²) in [5, 5.41) is 5.95. The molecule has 7 heteroatoms. The Hall–Kier alpha value is -2.96. The summed E-state index contributed by atoms with van der Waals surface area (Å²) in [6, 6.07) is 10.8. The summed E-state index contributed by atoms with van der Waals surface area (Å²) in [6.07, 6.45) is 4.40. The third-order valence-corrected chi connectivity index (χ3v) is 5.06. The number of rotatable bonds is 4. The zero-order valence-corrected chi connectivity index (χ0v) is 15.0. The van der Waals surface area contributed by atoms with E-state index in [4.69, 9.17) is 9.15 Å². The molecule has 2 aliphatic heterocycles. The molecule has 27 heavy (non-hydrogen) atoms.